The van der Waals surface area contributed by atoms with Gasteiger partial charge in [-0.05, 0) is 35.9 Å². The lowest BCUT2D eigenvalue weighted by molar-refractivity contribution is 0.251. The van der Waals surface area contributed by atoms with Gasteiger partial charge in [0.1, 0.15) is 5.82 Å². The van der Waals surface area contributed by atoms with E-state index in [1.165, 1.54) is 23.5 Å². The third kappa shape index (κ3) is 4.46. The first-order valence-electron chi connectivity index (χ1n) is 8.78. The van der Waals surface area contributed by atoms with Crippen LogP contribution in [0.15, 0.2) is 60.4 Å². The number of halogens is 1. The number of hydrogen-bond acceptors (Lipinski definition) is 5. The highest BCUT2D eigenvalue weighted by molar-refractivity contribution is 7.14. The number of carbonyl (C=O) groups excluding carboxylic acids is 1. The minimum absolute atomic E-state index is 0.303. The van der Waals surface area contributed by atoms with Gasteiger partial charge >= 0.3 is 6.03 Å². The van der Waals surface area contributed by atoms with Gasteiger partial charge < -0.3 is 5.32 Å². The highest BCUT2D eigenvalue weighted by Gasteiger charge is 2.11. The molecule has 0 bridgehead atoms. The highest BCUT2D eigenvalue weighted by Crippen LogP contribution is 2.25. The number of aryl methyl sites for hydroxylation is 1. The SMILES string of the molecule is Cn1cc(-c2ncccc2CNC(=O)Nc2nc(-c3ccc(F)cc3)cs2)cn1. The molecule has 3 heterocycles. The summed E-state index contributed by atoms with van der Waals surface area (Å²) in [7, 11) is 1.84. The Balaban J connectivity index is 1.40. The number of anilines is 1. The normalized spacial score (nSPS) is 10.7. The standard InChI is InChI=1S/C20H17FN6OS/c1-27-11-15(10-24-27)18-14(3-2-8-22-18)9-23-19(28)26-20-25-17(12-29-20)13-4-6-16(21)7-5-13/h2-8,10-12H,9H2,1H3,(H2,23,25,26,28). The predicted molar refractivity (Wildman–Crippen MR) is 110 cm³/mol. The van der Waals surface area contributed by atoms with E-state index >= 15 is 0 Å². The Morgan fingerprint density at radius 2 is 2.03 bits per heavy atom. The van der Waals surface area contributed by atoms with Crippen LogP contribution in [0.2, 0.25) is 0 Å². The molecular formula is C20H17FN6OS. The van der Waals surface area contributed by atoms with Crippen LogP contribution in [0.1, 0.15) is 5.56 Å². The highest BCUT2D eigenvalue weighted by atomic mass is 32.1. The summed E-state index contributed by atoms with van der Waals surface area (Å²) in [5.74, 6) is -0.303. The van der Waals surface area contributed by atoms with Gasteiger partial charge in [0.2, 0.25) is 0 Å². The predicted octanol–water partition coefficient (Wildman–Crippen LogP) is 4.07. The average Bonchev–Trinajstić information content (AvgIpc) is 3.36. The number of benzene rings is 1. The van der Waals surface area contributed by atoms with Gasteiger partial charge in [0, 0.05) is 42.5 Å². The van der Waals surface area contributed by atoms with Crippen molar-refractivity contribution in [1.29, 1.82) is 0 Å². The summed E-state index contributed by atoms with van der Waals surface area (Å²) in [5.41, 5.74) is 3.99. The van der Waals surface area contributed by atoms with Gasteiger partial charge in [-0.1, -0.05) is 6.07 Å². The first-order valence-corrected chi connectivity index (χ1v) is 9.66. The van der Waals surface area contributed by atoms with E-state index in [4.69, 9.17) is 0 Å². The minimum atomic E-state index is -0.369. The third-order valence-electron chi connectivity index (χ3n) is 4.17. The Hall–Kier alpha value is -3.59. The zero-order valence-electron chi connectivity index (χ0n) is 15.5. The second-order valence-electron chi connectivity index (χ2n) is 6.27. The van der Waals surface area contributed by atoms with E-state index in [9.17, 15) is 9.18 Å². The van der Waals surface area contributed by atoms with Crippen molar-refractivity contribution in [3.8, 4) is 22.5 Å². The second kappa shape index (κ2) is 8.19. The van der Waals surface area contributed by atoms with Gasteiger partial charge in [-0.25, -0.2) is 14.2 Å². The Labute approximate surface area is 170 Å². The van der Waals surface area contributed by atoms with E-state index in [2.05, 4.69) is 25.7 Å². The summed E-state index contributed by atoms with van der Waals surface area (Å²) >= 11 is 1.30. The van der Waals surface area contributed by atoms with Crippen LogP contribution < -0.4 is 10.6 Å². The quantitative estimate of drug-likeness (QED) is 0.521. The summed E-state index contributed by atoms with van der Waals surface area (Å²) in [4.78, 5) is 21.1. The molecule has 0 aliphatic heterocycles. The fourth-order valence-electron chi connectivity index (χ4n) is 2.79. The molecule has 0 saturated heterocycles. The van der Waals surface area contributed by atoms with Gasteiger partial charge in [0.15, 0.2) is 5.13 Å². The van der Waals surface area contributed by atoms with Crippen LogP contribution in [-0.2, 0) is 13.6 Å². The van der Waals surface area contributed by atoms with Gasteiger partial charge in [-0.15, -0.1) is 11.3 Å². The maximum absolute atomic E-state index is 13.1. The minimum Gasteiger partial charge on any atom is -0.334 e. The van der Waals surface area contributed by atoms with Gasteiger partial charge in [0.25, 0.3) is 0 Å². The molecule has 0 saturated carbocycles. The molecule has 0 aliphatic carbocycles. The number of carbonyl (C=O) groups is 1. The summed E-state index contributed by atoms with van der Waals surface area (Å²) < 4.78 is 14.8. The van der Waals surface area contributed by atoms with Gasteiger partial charge in [0.05, 0.1) is 17.6 Å². The molecule has 1 aromatic carbocycles. The molecule has 9 heteroatoms. The molecule has 0 atom stereocenters. The Bertz CT molecular complexity index is 1140. The molecule has 4 rings (SSSR count). The number of nitrogens with one attached hydrogen (secondary N) is 2. The molecule has 29 heavy (non-hydrogen) atoms. The van der Waals surface area contributed by atoms with Crippen molar-refractivity contribution < 1.29 is 9.18 Å². The average molecular weight is 408 g/mol. The summed E-state index contributed by atoms with van der Waals surface area (Å²) in [6.07, 6.45) is 5.31. The number of urea groups is 1. The molecule has 0 radical (unpaired) electrons. The summed E-state index contributed by atoms with van der Waals surface area (Å²) in [6.45, 7) is 0.306. The van der Waals surface area contributed by atoms with Crippen LogP contribution in [0.5, 0.6) is 0 Å². The first-order chi connectivity index (χ1) is 14.1. The van der Waals surface area contributed by atoms with E-state index in [0.29, 0.717) is 17.4 Å². The van der Waals surface area contributed by atoms with Crippen molar-refractivity contribution in [2.45, 2.75) is 6.54 Å². The molecule has 0 spiro atoms. The lowest BCUT2D eigenvalue weighted by atomic mass is 10.1. The molecule has 0 fully saturated rings. The molecular weight excluding hydrogens is 391 g/mol. The zero-order valence-corrected chi connectivity index (χ0v) is 16.3. The van der Waals surface area contributed by atoms with Crippen LogP contribution in [0.4, 0.5) is 14.3 Å². The fraction of sp³-hybridized carbons (Fsp3) is 0.100. The zero-order chi connectivity index (χ0) is 20.2. The van der Waals surface area contributed by atoms with Crippen LogP contribution in [0.25, 0.3) is 22.5 Å². The number of thiazole rings is 1. The largest absolute Gasteiger partial charge is 0.334 e. The lowest BCUT2D eigenvalue weighted by Gasteiger charge is -2.09. The van der Waals surface area contributed by atoms with Crippen LogP contribution in [0, 0.1) is 5.82 Å². The molecule has 0 aliphatic rings. The number of nitrogens with zero attached hydrogens (tertiary/aromatic N) is 4. The number of pyridine rings is 1. The molecule has 7 nitrogen and oxygen atoms in total. The number of hydrogen-bond donors (Lipinski definition) is 2. The number of amides is 2. The van der Waals surface area contributed by atoms with Crippen molar-refractivity contribution in [2.24, 2.45) is 7.05 Å². The lowest BCUT2D eigenvalue weighted by Crippen LogP contribution is -2.28. The monoisotopic (exact) mass is 408 g/mol. The third-order valence-corrected chi connectivity index (χ3v) is 4.93. The van der Waals surface area contributed by atoms with Crippen LogP contribution in [-0.4, -0.2) is 25.8 Å². The molecule has 146 valence electrons. The number of rotatable bonds is 5. The molecule has 2 amide bonds. The van der Waals surface area contributed by atoms with Crippen LogP contribution in [0.3, 0.4) is 0 Å². The first kappa shape index (κ1) is 18.8. The maximum Gasteiger partial charge on any atom is 0.321 e. The molecule has 0 unspecified atom stereocenters. The van der Waals surface area contributed by atoms with Crippen molar-refractivity contribution in [3.05, 3.63) is 71.7 Å². The summed E-state index contributed by atoms with van der Waals surface area (Å²) in [5, 5.41) is 12.0. The van der Waals surface area contributed by atoms with Gasteiger partial charge in [-0.2, -0.15) is 5.10 Å². The molecule has 4 aromatic rings. The van der Waals surface area contributed by atoms with Crippen molar-refractivity contribution in [1.82, 2.24) is 25.1 Å². The fourth-order valence-corrected chi connectivity index (χ4v) is 3.50. The van der Waals surface area contributed by atoms with Crippen LogP contribution >= 0.6 is 11.3 Å². The second-order valence-corrected chi connectivity index (χ2v) is 7.12. The van der Waals surface area contributed by atoms with E-state index in [1.807, 2.05) is 30.8 Å². The Morgan fingerprint density at radius 1 is 1.21 bits per heavy atom. The maximum atomic E-state index is 13.1. The van der Waals surface area contributed by atoms with E-state index < -0.39 is 0 Å². The molecule has 3 aromatic heterocycles. The number of aromatic nitrogens is 4. The van der Waals surface area contributed by atoms with Crippen molar-refractivity contribution in [2.75, 3.05) is 5.32 Å². The Kier molecular flexibility index (Phi) is 5.30. The topological polar surface area (TPSA) is 84.7 Å². The smallest absolute Gasteiger partial charge is 0.321 e. The Morgan fingerprint density at radius 3 is 2.79 bits per heavy atom. The summed E-state index contributed by atoms with van der Waals surface area (Å²) in [6, 6.07) is 9.42. The van der Waals surface area contributed by atoms with E-state index in [1.54, 1.807) is 29.2 Å². The van der Waals surface area contributed by atoms with Crippen molar-refractivity contribution in [3.63, 3.8) is 0 Å². The van der Waals surface area contributed by atoms with E-state index in [-0.39, 0.29) is 11.8 Å². The van der Waals surface area contributed by atoms with Gasteiger partial charge in [-0.3, -0.25) is 15.0 Å². The van der Waals surface area contributed by atoms with Crippen molar-refractivity contribution >= 4 is 22.5 Å². The molecule has 2 N–H and O–H groups in total. The van der Waals surface area contributed by atoms with E-state index in [0.717, 1.165) is 22.4 Å².